The maximum atomic E-state index is 13.6. The van der Waals surface area contributed by atoms with Crippen molar-refractivity contribution in [2.24, 2.45) is 5.92 Å². The summed E-state index contributed by atoms with van der Waals surface area (Å²) < 4.78 is 25.2. The first-order valence-corrected chi connectivity index (χ1v) is 7.31. The molecule has 0 spiro atoms. The summed E-state index contributed by atoms with van der Waals surface area (Å²) in [4.78, 5) is 4.16. The van der Waals surface area contributed by atoms with Gasteiger partial charge < -0.3 is 0 Å². The Morgan fingerprint density at radius 2 is 2.17 bits per heavy atom. The molecule has 1 saturated carbocycles. The Balaban J connectivity index is 2.09. The second kappa shape index (κ2) is 5.14. The second-order valence-corrected chi connectivity index (χ2v) is 7.25. The van der Waals surface area contributed by atoms with Gasteiger partial charge in [0, 0.05) is 23.8 Å². The molecule has 0 aromatic carbocycles. The summed E-state index contributed by atoms with van der Waals surface area (Å²) in [6.45, 7) is 1.87. The van der Waals surface area contributed by atoms with Crippen LogP contribution in [0.25, 0.3) is 0 Å². The minimum Gasteiger partial charge on any atom is -0.250 e. The Morgan fingerprint density at radius 3 is 2.67 bits per heavy atom. The number of rotatable bonds is 3. The zero-order valence-electron chi connectivity index (χ0n) is 9.75. The van der Waals surface area contributed by atoms with E-state index in [1.165, 1.54) is 11.8 Å². The average molecular weight is 312 g/mol. The number of nitrogens with zero attached hydrogens (tertiary/aromatic N) is 1. The first-order chi connectivity index (χ1) is 8.34. The normalized spacial score (nSPS) is 27.1. The van der Waals surface area contributed by atoms with Crippen LogP contribution in [0, 0.1) is 5.92 Å². The largest absolute Gasteiger partial charge is 0.280 e. The third kappa shape index (κ3) is 2.61. The third-order valence-electron chi connectivity index (χ3n) is 3.23. The van der Waals surface area contributed by atoms with Crippen molar-refractivity contribution in [2.45, 2.75) is 40.3 Å². The molecule has 100 valence electrons. The van der Waals surface area contributed by atoms with Crippen LogP contribution in [0.15, 0.2) is 29.4 Å². The van der Waals surface area contributed by atoms with E-state index < -0.39 is 16.2 Å². The quantitative estimate of drug-likeness (QED) is 0.588. The highest BCUT2D eigenvalue weighted by molar-refractivity contribution is 7.99. The van der Waals surface area contributed by atoms with Crippen LogP contribution < -0.4 is 0 Å². The van der Waals surface area contributed by atoms with Gasteiger partial charge in [0.15, 0.2) is 4.33 Å². The average Bonchev–Trinajstić information content (AvgIpc) is 2.50. The molecule has 18 heavy (non-hydrogen) atoms. The van der Waals surface area contributed by atoms with Crippen LogP contribution in [0.4, 0.5) is 8.78 Å². The summed E-state index contributed by atoms with van der Waals surface area (Å²) >= 11 is 13.2. The van der Waals surface area contributed by atoms with E-state index in [1.807, 2.05) is 25.1 Å². The van der Waals surface area contributed by atoms with Crippen LogP contribution in [0.5, 0.6) is 0 Å². The fourth-order valence-electron chi connectivity index (χ4n) is 2.17. The zero-order valence-corrected chi connectivity index (χ0v) is 12.1. The van der Waals surface area contributed by atoms with Crippen molar-refractivity contribution in [3.05, 3.63) is 24.4 Å². The van der Waals surface area contributed by atoms with Gasteiger partial charge in [0.25, 0.3) is 5.92 Å². The van der Waals surface area contributed by atoms with Gasteiger partial charge in [-0.15, -0.1) is 11.8 Å². The maximum absolute atomic E-state index is 13.6. The molecule has 2 rings (SSSR count). The molecule has 0 radical (unpaired) electrons. The van der Waals surface area contributed by atoms with E-state index in [2.05, 4.69) is 4.98 Å². The lowest BCUT2D eigenvalue weighted by Crippen LogP contribution is -2.40. The molecule has 1 aromatic heterocycles. The fourth-order valence-corrected chi connectivity index (χ4v) is 4.27. The molecule has 1 aliphatic carbocycles. The van der Waals surface area contributed by atoms with Crippen LogP contribution in [0.2, 0.25) is 0 Å². The Kier molecular flexibility index (Phi) is 4.10. The molecule has 1 aliphatic rings. The summed E-state index contributed by atoms with van der Waals surface area (Å²) in [7, 11) is 0. The topological polar surface area (TPSA) is 12.9 Å². The molecule has 0 bridgehead atoms. The van der Waals surface area contributed by atoms with Gasteiger partial charge in [-0.3, -0.25) is 0 Å². The van der Waals surface area contributed by atoms with Crippen LogP contribution >= 0.6 is 35.0 Å². The van der Waals surface area contributed by atoms with Gasteiger partial charge >= 0.3 is 0 Å². The highest BCUT2D eigenvalue weighted by Gasteiger charge is 2.62. The van der Waals surface area contributed by atoms with E-state index in [4.69, 9.17) is 23.2 Å². The number of hydrogen-bond acceptors (Lipinski definition) is 2. The van der Waals surface area contributed by atoms with Gasteiger partial charge in [-0.25, -0.2) is 13.8 Å². The molecule has 1 nitrogen and oxygen atoms in total. The van der Waals surface area contributed by atoms with Crippen LogP contribution in [0.1, 0.15) is 19.8 Å². The minimum absolute atomic E-state index is 0.108. The lowest BCUT2D eigenvalue weighted by Gasteiger charge is -2.30. The Morgan fingerprint density at radius 1 is 1.44 bits per heavy atom. The maximum Gasteiger partial charge on any atom is 0.280 e. The molecule has 1 fully saturated rings. The smallest absolute Gasteiger partial charge is 0.250 e. The molecule has 1 aromatic rings. The van der Waals surface area contributed by atoms with Crippen molar-refractivity contribution in [1.29, 1.82) is 0 Å². The molecule has 0 saturated heterocycles. The van der Waals surface area contributed by atoms with Gasteiger partial charge in [-0.05, 0) is 18.6 Å². The minimum atomic E-state index is -3.01. The number of pyridine rings is 1. The summed E-state index contributed by atoms with van der Waals surface area (Å²) in [5.74, 6) is -3.46. The molecule has 1 heterocycles. The lowest BCUT2D eigenvalue weighted by atomic mass is 10.0. The van der Waals surface area contributed by atoms with Gasteiger partial charge in [-0.1, -0.05) is 36.2 Å². The fraction of sp³-hybridized carbons (Fsp3) is 0.583. The predicted molar refractivity (Wildman–Crippen MR) is 71.7 cm³/mol. The second-order valence-electron chi connectivity index (χ2n) is 4.46. The van der Waals surface area contributed by atoms with E-state index >= 15 is 0 Å². The van der Waals surface area contributed by atoms with Gasteiger partial charge in [0.1, 0.15) is 0 Å². The van der Waals surface area contributed by atoms with Crippen molar-refractivity contribution in [1.82, 2.24) is 4.98 Å². The van der Waals surface area contributed by atoms with Crippen molar-refractivity contribution >= 4 is 35.0 Å². The molecule has 0 N–H and O–H groups in total. The first-order valence-electron chi connectivity index (χ1n) is 5.68. The van der Waals surface area contributed by atoms with Gasteiger partial charge in [-0.2, -0.15) is 0 Å². The highest BCUT2D eigenvalue weighted by Crippen LogP contribution is 2.57. The summed E-state index contributed by atoms with van der Waals surface area (Å²) in [5, 5.41) is 0.688. The van der Waals surface area contributed by atoms with Crippen molar-refractivity contribution in [3.63, 3.8) is 0 Å². The van der Waals surface area contributed by atoms with Crippen molar-refractivity contribution in [2.75, 3.05) is 0 Å². The number of alkyl halides is 4. The lowest BCUT2D eigenvalue weighted by molar-refractivity contribution is -0.00373. The Hall–Kier alpha value is -0.0600. The summed E-state index contributed by atoms with van der Waals surface area (Å²) in [6.07, 6.45) is 1.76. The number of thioether (sulfide) groups is 1. The first kappa shape index (κ1) is 14.4. The molecule has 0 unspecified atom stereocenters. The van der Waals surface area contributed by atoms with E-state index in [1.54, 1.807) is 6.20 Å². The number of halogens is 4. The molecule has 0 aliphatic heterocycles. The molecule has 6 heteroatoms. The van der Waals surface area contributed by atoms with Gasteiger partial charge in [0.05, 0.1) is 5.03 Å². The highest BCUT2D eigenvalue weighted by atomic mass is 35.5. The van der Waals surface area contributed by atoms with E-state index in [-0.39, 0.29) is 11.7 Å². The monoisotopic (exact) mass is 311 g/mol. The molecule has 0 amide bonds. The van der Waals surface area contributed by atoms with E-state index in [9.17, 15) is 8.78 Å². The summed E-state index contributed by atoms with van der Waals surface area (Å²) in [6, 6.07) is 5.52. The van der Waals surface area contributed by atoms with Crippen LogP contribution in [-0.4, -0.2) is 20.5 Å². The number of hydrogen-bond donors (Lipinski definition) is 0. The van der Waals surface area contributed by atoms with E-state index in [0.717, 1.165) is 5.03 Å². The van der Waals surface area contributed by atoms with Crippen LogP contribution in [-0.2, 0) is 0 Å². The van der Waals surface area contributed by atoms with Crippen molar-refractivity contribution < 1.29 is 8.78 Å². The predicted octanol–water partition coefficient (Wildman–Crippen LogP) is 4.78. The molecular formula is C12H13Cl2F2NS. The third-order valence-corrected chi connectivity index (χ3v) is 5.53. The Bertz CT molecular complexity index is 414. The molecule has 2 atom stereocenters. The molecular weight excluding hydrogens is 299 g/mol. The van der Waals surface area contributed by atoms with Crippen molar-refractivity contribution in [3.8, 4) is 0 Å². The van der Waals surface area contributed by atoms with Crippen LogP contribution in [0.3, 0.4) is 0 Å². The zero-order chi connectivity index (χ0) is 13.4. The SMILES string of the molecule is C[C@H](Sc1ccccn1)[C@H]1CCC(F)(F)C1(Cl)Cl. The Labute approximate surface area is 119 Å². The van der Waals surface area contributed by atoms with E-state index in [0.29, 0.717) is 6.42 Å². The summed E-state index contributed by atoms with van der Waals surface area (Å²) in [5.41, 5.74) is 0. The standard InChI is InChI=1S/C12H13Cl2F2NS/c1-8(18-10-4-2-3-7-17-10)9-5-6-11(15,16)12(9,13)14/h2-4,7-9H,5-6H2,1H3/t8-,9+/m0/s1. The van der Waals surface area contributed by atoms with Gasteiger partial charge in [0.2, 0.25) is 0 Å². The number of aromatic nitrogens is 1.